The molecule has 0 unspecified atom stereocenters. The van der Waals surface area contributed by atoms with Gasteiger partial charge in [0.15, 0.2) is 0 Å². The van der Waals surface area contributed by atoms with E-state index in [0.717, 1.165) is 31.6 Å². The van der Waals surface area contributed by atoms with Gasteiger partial charge in [-0.15, -0.1) is 22.7 Å². The second kappa shape index (κ2) is 6.19. The number of hydrogen-bond acceptors (Lipinski definition) is 3. The molecule has 3 heteroatoms. The molecular formula is C27H20OS2. The van der Waals surface area contributed by atoms with Gasteiger partial charge in [-0.3, -0.25) is 0 Å². The maximum absolute atomic E-state index is 5.65. The van der Waals surface area contributed by atoms with Gasteiger partial charge in [0.25, 0.3) is 0 Å². The van der Waals surface area contributed by atoms with Crippen LogP contribution in [0.3, 0.4) is 0 Å². The third kappa shape index (κ3) is 2.39. The van der Waals surface area contributed by atoms with Crippen LogP contribution in [0, 0.1) is 6.92 Å². The van der Waals surface area contributed by atoms with Gasteiger partial charge >= 0.3 is 0 Å². The highest BCUT2D eigenvalue weighted by Crippen LogP contribution is 2.56. The van der Waals surface area contributed by atoms with E-state index in [4.69, 9.17) is 4.74 Å². The lowest BCUT2D eigenvalue weighted by Crippen LogP contribution is -1.98. The van der Waals surface area contributed by atoms with Crippen molar-refractivity contribution in [2.75, 3.05) is 6.61 Å². The Hall–Kier alpha value is -2.62. The standard InChI is InChI=1S/C27H20OS2/c1-15-12-18-4-7-21-24(26(18)29-15)22-8-5-19-14-20(30-27(19)25(21)22)6-2-16-3-9-23-17(13-16)10-11-28-23/h3-5,7-9,12-14H,2,6,10-11H2,1H3. The van der Waals surface area contributed by atoms with E-state index in [0.29, 0.717) is 0 Å². The summed E-state index contributed by atoms with van der Waals surface area (Å²) < 4.78 is 8.56. The molecule has 7 rings (SSSR count). The van der Waals surface area contributed by atoms with Crippen LogP contribution in [-0.2, 0) is 19.3 Å². The summed E-state index contributed by atoms with van der Waals surface area (Å²) in [6.07, 6.45) is 3.24. The molecule has 0 bridgehead atoms. The van der Waals surface area contributed by atoms with Gasteiger partial charge in [0, 0.05) is 36.7 Å². The van der Waals surface area contributed by atoms with Crippen LogP contribution in [0.25, 0.3) is 42.4 Å². The van der Waals surface area contributed by atoms with E-state index in [1.807, 2.05) is 22.7 Å². The van der Waals surface area contributed by atoms with E-state index in [2.05, 4.69) is 61.5 Å². The summed E-state index contributed by atoms with van der Waals surface area (Å²) in [6.45, 7) is 3.04. The highest BCUT2D eigenvalue weighted by Gasteiger charge is 2.28. The van der Waals surface area contributed by atoms with Gasteiger partial charge in [-0.2, -0.15) is 0 Å². The molecule has 2 aliphatic rings. The van der Waals surface area contributed by atoms with Crippen molar-refractivity contribution < 1.29 is 4.74 Å². The lowest BCUT2D eigenvalue weighted by molar-refractivity contribution is 0.357. The monoisotopic (exact) mass is 424 g/mol. The summed E-state index contributed by atoms with van der Waals surface area (Å²) >= 11 is 3.91. The molecular weight excluding hydrogens is 404 g/mol. The number of benzene rings is 3. The van der Waals surface area contributed by atoms with E-state index in [1.165, 1.54) is 63.3 Å². The van der Waals surface area contributed by atoms with Gasteiger partial charge in [-0.05, 0) is 71.0 Å². The molecule has 5 aromatic rings. The zero-order valence-corrected chi connectivity index (χ0v) is 18.4. The minimum Gasteiger partial charge on any atom is -0.493 e. The molecule has 0 amide bonds. The van der Waals surface area contributed by atoms with Crippen LogP contribution in [0.15, 0.2) is 54.6 Å². The van der Waals surface area contributed by atoms with Crippen LogP contribution in [0.4, 0.5) is 0 Å². The summed E-state index contributed by atoms with van der Waals surface area (Å²) in [5.41, 5.74) is 8.62. The highest BCUT2D eigenvalue weighted by atomic mass is 32.1. The van der Waals surface area contributed by atoms with E-state index in [9.17, 15) is 0 Å². The molecule has 3 heterocycles. The van der Waals surface area contributed by atoms with Crippen LogP contribution >= 0.6 is 22.7 Å². The molecule has 0 fully saturated rings. The number of thiophene rings is 2. The van der Waals surface area contributed by atoms with Crippen LogP contribution in [0.1, 0.15) is 20.9 Å². The molecule has 3 aromatic carbocycles. The maximum Gasteiger partial charge on any atom is 0.122 e. The average Bonchev–Trinajstić information content (AvgIpc) is 3.44. The molecule has 0 spiro atoms. The lowest BCUT2D eigenvalue weighted by atomic mass is 9.79. The molecule has 1 nitrogen and oxygen atoms in total. The number of rotatable bonds is 3. The zero-order valence-electron chi connectivity index (χ0n) is 16.7. The van der Waals surface area contributed by atoms with Gasteiger partial charge in [0.1, 0.15) is 5.75 Å². The first-order chi connectivity index (χ1) is 14.7. The fraction of sp³-hybridized carbons (Fsp3) is 0.185. The van der Waals surface area contributed by atoms with Gasteiger partial charge in [0.2, 0.25) is 0 Å². The van der Waals surface area contributed by atoms with Crippen LogP contribution < -0.4 is 4.74 Å². The first-order valence-electron chi connectivity index (χ1n) is 10.6. The molecule has 0 atom stereocenters. The summed E-state index contributed by atoms with van der Waals surface area (Å²) in [5, 5.41) is 2.78. The van der Waals surface area contributed by atoms with Crippen molar-refractivity contribution in [1.29, 1.82) is 0 Å². The Morgan fingerprint density at radius 3 is 2.40 bits per heavy atom. The van der Waals surface area contributed by atoms with E-state index >= 15 is 0 Å². The molecule has 1 aliphatic heterocycles. The van der Waals surface area contributed by atoms with E-state index < -0.39 is 0 Å². The Kier molecular flexibility index (Phi) is 3.53. The topological polar surface area (TPSA) is 9.23 Å². The zero-order chi connectivity index (χ0) is 19.8. The van der Waals surface area contributed by atoms with Crippen LogP contribution in [0.2, 0.25) is 0 Å². The Labute approximate surface area is 183 Å². The molecule has 1 aliphatic carbocycles. The van der Waals surface area contributed by atoms with Crippen molar-refractivity contribution >= 4 is 42.8 Å². The summed E-state index contributed by atoms with van der Waals surface area (Å²) in [4.78, 5) is 2.88. The number of ether oxygens (including phenoxy) is 1. The number of hydrogen-bond donors (Lipinski definition) is 0. The summed E-state index contributed by atoms with van der Waals surface area (Å²) in [7, 11) is 0. The third-order valence-electron chi connectivity index (χ3n) is 6.50. The van der Waals surface area contributed by atoms with E-state index in [-0.39, 0.29) is 0 Å². The molecule has 0 saturated carbocycles. The Bertz CT molecular complexity index is 1480. The summed E-state index contributed by atoms with van der Waals surface area (Å²) in [5.74, 6) is 1.08. The predicted octanol–water partition coefficient (Wildman–Crippen LogP) is 7.79. The van der Waals surface area contributed by atoms with Crippen molar-refractivity contribution in [1.82, 2.24) is 0 Å². The SMILES string of the molecule is Cc1cc2ccc3c(c2s1)-c1ccc2cc(CCc4ccc5c(c4)CCO5)sc2c1-3. The van der Waals surface area contributed by atoms with Crippen molar-refractivity contribution in [3.8, 4) is 28.0 Å². The lowest BCUT2D eigenvalue weighted by Gasteiger charge is -2.25. The quantitative estimate of drug-likeness (QED) is 0.282. The molecule has 0 radical (unpaired) electrons. The normalized spacial score (nSPS) is 13.8. The number of aryl methyl sites for hydroxylation is 3. The predicted molar refractivity (Wildman–Crippen MR) is 129 cm³/mol. The van der Waals surface area contributed by atoms with Gasteiger partial charge in [-0.1, -0.05) is 36.4 Å². The largest absolute Gasteiger partial charge is 0.493 e. The highest BCUT2D eigenvalue weighted by molar-refractivity contribution is 7.20. The fourth-order valence-corrected chi connectivity index (χ4v) is 7.36. The van der Waals surface area contributed by atoms with E-state index in [1.54, 1.807) is 0 Å². The Balaban J connectivity index is 1.23. The molecule has 2 aromatic heterocycles. The van der Waals surface area contributed by atoms with Gasteiger partial charge in [-0.25, -0.2) is 0 Å². The first kappa shape index (κ1) is 17.1. The third-order valence-corrected chi connectivity index (χ3v) is 8.81. The van der Waals surface area contributed by atoms with Crippen molar-refractivity contribution in [3.05, 3.63) is 75.5 Å². The first-order valence-corrected chi connectivity index (χ1v) is 12.2. The number of fused-ring (bicyclic) bond motifs is 9. The van der Waals surface area contributed by atoms with Crippen molar-refractivity contribution in [3.63, 3.8) is 0 Å². The van der Waals surface area contributed by atoms with Crippen LogP contribution in [-0.4, -0.2) is 6.61 Å². The molecule has 30 heavy (non-hydrogen) atoms. The Morgan fingerprint density at radius 1 is 0.800 bits per heavy atom. The maximum atomic E-state index is 5.65. The summed E-state index contributed by atoms with van der Waals surface area (Å²) in [6, 6.07) is 20.7. The smallest absolute Gasteiger partial charge is 0.122 e. The van der Waals surface area contributed by atoms with Gasteiger partial charge < -0.3 is 4.74 Å². The molecule has 146 valence electrons. The Morgan fingerprint density at radius 2 is 1.57 bits per heavy atom. The fourth-order valence-electron chi connectivity index (χ4n) is 5.06. The van der Waals surface area contributed by atoms with Crippen molar-refractivity contribution in [2.24, 2.45) is 0 Å². The minimum atomic E-state index is 0.832. The van der Waals surface area contributed by atoms with Crippen LogP contribution in [0.5, 0.6) is 5.75 Å². The molecule has 0 N–H and O–H groups in total. The minimum absolute atomic E-state index is 0.832. The van der Waals surface area contributed by atoms with Gasteiger partial charge in [0.05, 0.1) is 6.61 Å². The second-order valence-electron chi connectivity index (χ2n) is 8.42. The average molecular weight is 425 g/mol. The second-order valence-corrected chi connectivity index (χ2v) is 10.8. The van der Waals surface area contributed by atoms with Crippen molar-refractivity contribution in [2.45, 2.75) is 26.2 Å². The molecule has 0 saturated heterocycles.